The van der Waals surface area contributed by atoms with Crippen LogP contribution in [0.2, 0.25) is 0 Å². The van der Waals surface area contributed by atoms with E-state index in [1.165, 1.54) is 30.4 Å². The molecule has 0 spiro atoms. The summed E-state index contributed by atoms with van der Waals surface area (Å²) in [6.07, 6.45) is 8.36. The molecule has 2 aliphatic rings. The molecule has 3 rings (SSSR count). The van der Waals surface area contributed by atoms with Gasteiger partial charge in [0.2, 0.25) is 0 Å². The van der Waals surface area contributed by atoms with Crippen molar-refractivity contribution in [3.63, 3.8) is 0 Å². The maximum atomic E-state index is 10.1. The molecule has 116 valence electrons. The van der Waals surface area contributed by atoms with Gasteiger partial charge in [0, 0.05) is 12.6 Å². The van der Waals surface area contributed by atoms with Gasteiger partial charge in [0.1, 0.15) is 0 Å². The van der Waals surface area contributed by atoms with E-state index in [-0.39, 0.29) is 0 Å². The maximum absolute atomic E-state index is 10.1. The molecule has 1 unspecified atom stereocenters. The van der Waals surface area contributed by atoms with Crippen LogP contribution in [0, 0.1) is 0 Å². The van der Waals surface area contributed by atoms with Gasteiger partial charge >= 0.3 is 0 Å². The lowest BCUT2D eigenvalue weighted by Gasteiger charge is -2.24. The lowest BCUT2D eigenvalue weighted by molar-refractivity contribution is -0.0235. The minimum absolute atomic E-state index is 0.379. The van der Waals surface area contributed by atoms with Crippen LogP contribution in [0.25, 0.3) is 0 Å². The molecule has 2 N–H and O–H groups in total. The first-order valence-electron chi connectivity index (χ1n) is 8.41. The highest BCUT2D eigenvalue weighted by Gasteiger charge is 2.21. The highest BCUT2D eigenvalue weighted by atomic mass is 16.5. The first-order valence-corrected chi connectivity index (χ1v) is 8.41. The van der Waals surface area contributed by atoms with Crippen molar-refractivity contribution in [1.82, 2.24) is 5.32 Å². The Morgan fingerprint density at radius 2 is 1.76 bits per heavy atom. The van der Waals surface area contributed by atoms with E-state index >= 15 is 0 Å². The van der Waals surface area contributed by atoms with E-state index in [1.807, 2.05) is 0 Å². The van der Waals surface area contributed by atoms with E-state index < -0.39 is 6.10 Å². The van der Waals surface area contributed by atoms with Gasteiger partial charge in [-0.2, -0.15) is 0 Å². The molecule has 1 aromatic rings. The molecule has 0 aliphatic heterocycles. The molecule has 0 radical (unpaired) electrons. The van der Waals surface area contributed by atoms with E-state index in [0.29, 0.717) is 25.3 Å². The third kappa shape index (κ3) is 4.29. The first-order chi connectivity index (χ1) is 10.3. The molecule has 3 nitrogen and oxygen atoms in total. The molecule has 3 heteroatoms. The van der Waals surface area contributed by atoms with Crippen LogP contribution >= 0.6 is 0 Å². The van der Waals surface area contributed by atoms with Gasteiger partial charge in [-0.15, -0.1) is 0 Å². The predicted molar refractivity (Wildman–Crippen MR) is 84.5 cm³/mol. The monoisotopic (exact) mass is 289 g/mol. The Hall–Kier alpha value is -0.900. The molecule has 0 amide bonds. The molecule has 0 bridgehead atoms. The van der Waals surface area contributed by atoms with E-state index in [2.05, 4.69) is 29.6 Å². The van der Waals surface area contributed by atoms with Crippen LogP contribution < -0.4 is 5.32 Å². The van der Waals surface area contributed by atoms with Crippen LogP contribution in [-0.2, 0) is 17.6 Å². The van der Waals surface area contributed by atoms with Gasteiger partial charge < -0.3 is 15.2 Å². The van der Waals surface area contributed by atoms with E-state index in [9.17, 15) is 5.11 Å². The quantitative estimate of drug-likeness (QED) is 0.845. The molecular weight excluding hydrogens is 262 g/mol. The zero-order valence-electron chi connectivity index (χ0n) is 12.8. The van der Waals surface area contributed by atoms with Gasteiger partial charge in [0.15, 0.2) is 0 Å². The van der Waals surface area contributed by atoms with Gasteiger partial charge in [-0.25, -0.2) is 0 Å². The van der Waals surface area contributed by atoms with Crippen molar-refractivity contribution in [3.05, 3.63) is 35.4 Å². The SMILES string of the molecule is OC(CNC1Cc2ccccc2C1)COC1CCCCC1. The summed E-state index contributed by atoms with van der Waals surface area (Å²) in [7, 11) is 0. The summed E-state index contributed by atoms with van der Waals surface area (Å²) < 4.78 is 5.83. The number of hydrogen-bond acceptors (Lipinski definition) is 3. The largest absolute Gasteiger partial charge is 0.389 e. The Morgan fingerprint density at radius 3 is 2.43 bits per heavy atom. The average Bonchev–Trinajstić information content (AvgIpc) is 2.95. The summed E-state index contributed by atoms with van der Waals surface area (Å²) in [5.41, 5.74) is 2.89. The Labute approximate surface area is 127 Å². The van der Waals surface area contributed by atoms with Crippen LogP contribution in [0.5, 0.6) is 0 Å². The highest BCUT2D eigenvalue weighted by Crippen LogP contribution is 2.22. The predicted octanol–water partition coefficient (Wildman–Crippen LogP) is 2.45. The number of ether oxygens (including phenoxy) is 1. The summed E-state index contributed by atoms with van der Waals surface area (Å²) in [5.74, 6) is 0. The second-order valence-corrected chi connectivity index (χ2v) is 6.53. The summed E-state index contributed by atoms with van der Waals surface area (Å²) >= 11 is 0. The normalized spacial score (nSPS) is 21.4. The molecule has 1 saturated carbocycles. The van der Waals surface area contributed by atoms with Crippen molar-refractivity contribution in [2.24, 2.45) is 0 Å². The minimum atomic E-state index is -0.393. The van der Waals surface area contributed by atoms with Crippen LogP contribution in [-0.4, -0.2) is 36.5 Å². The molecule has 21 heavy (non-hydrogen) atoms. The Morgan fingerprint density at radius 1 is 1.10 bits per heavy atom. The summed E-state index contributed by atoms with van der Waals surface area (Å²) in [5, 5.41) is 13.6. The third-order valence-corrected chi connectivity index (χ3v) is 4.77. The second kappa shape index (κ2) is 7.39. The molecule has 1 fully saturated rings. The highest BCUT2D eigenvalue weighted by molar-refractivity contribution is 5.33. The lowest BCUT2D eigenvalue weighted by Crippen LogP contribution is -2.38. The van der Waals surface area contributed by atoms with Crippen LogP contribution in [0.4, 0.5) is 0 Å². The fraction of sp³-hybridized carbons (Fsp3) is 0.667. The maximum Gasteiger partial charge on any atom is 0.0897 e. The van der Waals surface area contributed by atoms with Crippen molar-refractivity contribution >= 4 is 0 Å². The van der Waals surface area contributed by atoms with Gasteiger partial charge in [0.05, 0.1) is 18.8 Å². The van der Waals surface area contributed by atoms with Crippen molar-refractivity contribution in [1.29, 1.82) is 0 Å². The zero-order chi connectivity index (χ0) is 14.5. The van der Waals surface area contributed by atoms with Crippen molar-refractivity contribution in [2.75, 3.05) is 13.2 Å². The topological polar surface area (TPSA) is 41.5 Å². The van der Waals surface area contributed by atoms with Gasteiger partial charge in [-0.1, -0.05) is 43.5 Å². The minimum Gasteiger partial charge on any atom is -0.389 e. The zero-order valence-corrected chi connectivity index (χ0v) is 12.8. The number of aliphatic hydroxyl groups is 1. The number of fused-ring (bicyclic) bond motifs is 1. The summed E-state index contributed by atoms with van der Waals surface area (Å²) in [4.78, 5) is 0. The lowest BCUT2D eigenvalue weighted by atomic mass is 9.98. The molecular formula is C18H27NO2. The molecule has 0 saturated heterocycles. The van der Waals surface area contributed by atoms with Gasteiger partial charge in [-0.05, 0) is 36.8 Å². The summed E-state index contributed by atoms with van der Waals surface area (Å²) in [6, 6.07) is 9.09. The molecule has 1 aromatic carbocycles. The Bertz CT molecular complexity index is 418. The number of nitrogens with one attached hydrogen (secondary N) is 1. The average molecular weight is 289 g/mol. The van der Waals surface area contributed by atoms with Crippen molar-refractivity contribution < 1.29 is 9.84 Å². The fourth-order valence-electron chi connectivity index (χ4n) is 3.54. The molecule has 0 aromatic heterocycles. The van der Waals surface area contributed by atoms with E-state index in [0.717, 1.165) is 25.7 Å². The third-order valence-electron chi connectivity index (χ3n) is 4.77. The molecule has 1 atom stereocenters. The van der Waals surface area contributed by atoms with Crippen molar-refractivity contribution in [3.8, 4) is 0 Å². The van der Waals surface area contributed by atoms with E-state index in [4.69, 9.17) is 4.74 Å². The standard InChI is InChI=1S/C18H27NO2/c20-17(13-21-18-8-2-1-3-9-18)12-19-16-10-14-6-4-5-7-15(14)11-16/h4-7,16-20H,1-3,8-13H2. The molecule has 0 heterocycles. The van der Waals surface area contributed by atoms with Gasteiger partial charge in [-0.3, -0.25) is 0 Å². The first kappa shape index (κ1) is 15.0. The number of benzene rings is 1. The second-order valence-electron chi connectivity index (χ2n) is 6.53. The molecule has 2 aliphatic carbocycles. The van der Waals surface area contributed by atoms with Gasteiger partial charge in [0.25, 0.3) is 0 Å². The van der Waals surface area contributed by atoms with Crippen molar-refractivity contribution in [2.45, 2.75) is 63.2 Å². The van der Waals surface area contributed by atoms with Crippen LogP contribution in [0.1, 0.15) is 43.2 Å². The Kier molecular flexibility index (Phi) is 5.28. The smallest absolute Gasteiger partial charge is 0.0897 e. The summed E-state index contributed by atoms with van der Waals surface area (Å²) in [6.45, 7) is 1.10. The number of aliphatic hydroxyl groups excluding tert-OH is 1. The fourth-order valence-corrected chi connectivity index (χ4v) is 3.54. The van der Waals surface area contributed by atoms with Crippen LogP contribution in [0.15, 0.2) is 24.3 Å². The van der Waals surface area contributed by atoms with Crippen LogP contribution in [0.3, 0.4) is 0 Å². The number of hydrogen-bond donors (Lipinski definition) is 2. The van der Waals surface area contributed by atoms with E-state index in [1.54, 1.807) is 0 Å². The number of rotatable bonds is 6. The Balaban J connectivity index is 1.34.